The second-order valence-electron chi connectivity index (χ2n) is 7.67. The number of halogens is 1. The SMILES string of the molecule is CC1CCCCC1NC(=O)COC(=O)c1cc(S(=O)(=O)N2CCOCC2)ccc1F. The summed E-state index contributed by atoms with van der Waals surface area (Å²) in [4.78, 5) is 24.2. The molecule has 0 bridgehead atoms. The lowest BCUT2D eigenvalue weighted by Crippen LogP contribution is -2.43. The minimum absolute atomic E-state index is 0.0312. The van der Waals surface area contributed by atoms with Gasteiger partial charge >= 0.3 is 5.97 Å². The van der Waals surface area contributed by atoms with E-state index in [1.165, 1.54) is 4.31 Å². The highest BCUT2D eigenvalue weighted by atomic mass is 32.2. The van der Waals surface area contributed by atoms with E-state index < -0.39 is 39.9 Å². The number of hydrogen-bond donors (Lipinski definition) is 1. The number of benzene rings is 1. The lowest BCUT2D eigenvalue weighted by molar-refractivity contribution is -0.125. The Hall–Kier alpha value is -2.04. The van der Waals surface area contributed by atoms with Gasteiger partial charge in [-0.2, -0.15) is 4.31 Å². The van der Waals surface area contributed by atoms with Crippen LogP contribution in [0, 0.1) is 11.7 Å². The molecule has 2 aliphatic rings. The highest BCUT2D eigenvalue weighted by molar-refractivity contribution is 7.89. The molecule has 1 saturated carbocycles. The summed E-state index contributed by atoms with van der Waals surface area (Å²) < 4.78 is 50.9. The fraction of sp³-hybridized carbons (Fsp3) is 0.600. The van der Waals surface area contributed by atoms with Crippen LogP contribution in [0.5, 0.6) is 0 Å². The molecule has 30 heavy (non-hydrogen) atoms. The Balaban J connectivity index is 1.64. The average Bonchev–Trinajstić information content (AvgIpc) is 2.74. The van der Waals surface area contributed by atoms with Crippen LogP contribution < -0.4 is 5.32 Å². The van der Waals surface area contributed by atoms with Crippen LogP contribution in [0.15, 0.2) is 23.1 Å². The summed E-state index contributed by atoms with van der Waals surface area (Å²) in [7, 11) is -3.89. The zero-order valence-electron chi connectivity index (χ0n) is 16.9. The van der Waals surface area contributed by atoms with E-state index in [0.717, 1.165) is 43.9 Å². The van der Waals surface area contributed by atoms with Gasteiger partial charge in [0, 0.05) is 19.1 Å². The number of hydrogen-bond acceptors (Lipinski definition) is 6. The van der Waals surface area contributed by atoms with Crippen LogP contribution in [0.3, 0.4) is 0 Å². The molecule has 1 saturated heterocycles. The Kier molecular flexibility index (Phi) is 7.43. The topological polar surface area (TPSA) is 102 Å². The van der Waals surface area contributed by atoms with Crippen molar-refractivity contribution < 1.29 is 31.9 Å². The molecule has 2 unspecified atom stereocenters. The normalized spacial score (nSPS) is 23.0. The smallest absolute Gasteiger partial charge is 0.341 e. The lowest BCUT2D eigenvalue weighted by Gasteiger charge is -2.29. The van der Waals surface area contributed by atoms with Crippen molar-refractivity contribution in [1.29, 1.82) is 0 Å². The van der Waals surface area contributed by atoms with Gasteiger partial charge in [-0.15, -0.1) is 0 Å². The minimum atomic E-state index is -3.89. The first kappa shape index (κ1) is 22.6. The highest BCUT2D eigenvalue weighted by Crippen LogP contribution is 2.24. The first-order chi connectivity index (χ1) is 14.3. The molecule has 1 amide bonds. The summed E-state index contributed by atoms with van der Waals surface area (Å²) in [5.41, 5.74) is -0.525. The first-order valence-corrected chi connectivity index (χ1v) is 11.6. The summed E-state index contributed by atoms with van der Waals surface area (Å²) in [5, 5.41) is 2.84. The number of morpholine rings is 1. The van der Waals surface area contributed by atoms with Crippen LogP contribution in [0.2, 0.25) is 0 Å². The second kappa shape index (κ2) is 9.84. The van der Waals surface area contributed by atoms with E-state index in [4.69, 9.17) is 9.47 Å². The predicted octanol–water partition coefficient (Wildman–Crippen LogP) is 1.70. The van der Waals surface area contributed by atoms with Crippen molar-refractivity contribution in [2.75, 3.05) is 32.9 Å². The van der Waals surface area contributed by atoms with Crippen LogP contribution in [-0.2, 0) is 24.3 Å². The van der Waals surface area contributed by atoms with Crippen molar-refractivity contribution in [3.8, 4) is 0 Å². The van der Waals surface area contributed by atoms with E-state index in [1.54, 1.807) is 0 Å². The van der Waals surface area contributed by atoms with E-state index in [1.807, 2.05) is 0 Å². The minimum Gasteiger partial charge on any atom is -0.452 e. The van der Waals surface area contributed by atoms with Crippen LogP contribution in [0.25, 0.3) is 0 Å². The number of amides is 1. The Morgan fingerprint density at radius 2 is 1.93 bits per heavy atom. The molecular weight excluding hydrogens is 415 g/mol. The molecule has 8 nitrogen and oxygen atoms in total. The lowest BCUT2D eigenvalue weighted by atomic mass is 9.86. The van der Waals surface area contributed by atoms with E-state index in [2.05, 4.69) is 12.2 Å². The molecule has 166 valence electrons. The highest BCUT2D eigenvalue weighted by Gasteiger charge is 2.28. The van der Waals surface area contributed by atoms with Gasteiger partial charge in [0.05, 0.1) is 23.7 Å². The molecule has 10 heteroatoms. The van der Waals surface area contributed by atoms with Gasteiger partial charge in [-0.1, -0.05) is 19.8 Å². The quantitative estimate of drug-likeness (QED) is 0.673. The van der Waals surface area contributed by atoms with Gasteiger partial charge in [-0.05, 0) is 37.0 Å². The van der Waals surface area contributed by atoms with Crippen molar-refractivity contribution in [2.24, 2.45) is 5.92 Å². The molecular formula is C20H27FN2O6S. The van der Waals surface area contributed by atoms with E-state index >= 15 is 0 Å². The maximum Gasteiger partial charge on any atom is 0.341 e. The van der Waals surface area contributed by atoms with Crippen molar-refractivity contribution in [3.05, 3.63) is 29.6 Å². The number of nitrogens with one attached hydrogen (secondary N) is 1. The molecule has 2 fully saturated rings. The summed E-state index contributed by atoms with van der Waals surface area (Å²) >= 11 is 0. The van der Waals surface area contributed by atoms with Gasteiger partial charge in [-0.3, -0.25) is 4.79 Å². The van der Waals surface area contributed by atoms with Gasteiger partial charge in [0.2, 0.25) is 10.0 Å². The van der Waals surface area contributed by atoms with E-state index in [-0.39, 0.29) is 37.2 Å². The molecule has 1 aliphatic carbocycles. The summed E-state index contributed by atoms with van der Waals surface area (Å²) in [6, 6.07) is 2.99. The molecule has 3 rings (SSSR count). The van der Waals surface area contributed by atoms with Gasteiger partial charge in [0.1, 0.15) is 5.82 Å². The summed E-state index contributed by atoms with van der Waals surface area (Å²) in [6.07, 6.45) is 4.06. The largest absolute Gasteiger partial charge is 0.452 e. The zero-order valence-corrected chi connectivity index (χ0v) is 17.8. The fourth-order valence-electron chi connectivity index (χ4n) is 3.75. The predicted molar refractivity (Wildman–Crippen MR) is 106 cm³/mol. The molecule has 1 aromatic carbocycles. The Morgan fingerprint density at radius 1 is 1.23 bits per heavy atom. The number of carbonyl (C=O) groups is 2. The molecule has 0 radical (unpaired) electrons. The van der Waals surface area contributed by atoms with Crippen molar-refractivity contribution in [1.82, 2.24) is 9.62 Å². The molecule has 1 heterocycles. The first-order valence-electron chi connectivity index (χ1n) is 10.1. The monoisotopic (exact) mass is 442 g/mol. The van der Waals surface area contributed by atoms with Crippen molar-refractivity contribution >= 4 is 21.9 Å². The van der Waals surface area contributed by atoms with Gasteiger partial charge < -0.3 is 14.8 Å². The molecule has 1 N–H and O–H groups in total. The number of ether oxygens (including phenoxy) is 2. The second-order valence-corrected chi connectivity index (χ2v) is 9.61. The van der Waals surface area contributed by atoms with Crippen LogP contribution in [0.1, 0.15) is 43.0 Å². The van der Waals surface area contributed by atoms with Crippen LogP contribution >= 0.6 is 0 Å². The average molecular weight is 443 g/mol. The molecule has 0 aromatic heterocycles. The number of carbonyl (C=O) groups excluding carboxylic acids is 2. The summed E-state index contributed by atoms with van der Waals surface area (Å²) in [5.74, 6) is -2.11. The Morgan fingerprint density at radius 3 is 2.63 bits per heavy atom. The van der Waals surface area contributed by atoms with E-state index in [9.17, 15) is 22.4 Å². The number of rotatable bonds is 6. The van der Waals surface area contributed by atoms with Crippen LogP contribution in [0.4, 0.5) is 4.39 Å². The number of sulfonamides is 1. The standard InChI is InChI=1S/C20H27FN2O6S/c1-14-4-2-3-5-18(14)22-19(24)13-29-20(25)16-12-15(6-7-17(16)21)30(26,27)23-8-10-28-11-9-23/h6-7,12,14,18H,2-5,8-11,13H2,1H3,(H,22,24). The Labute approximate surface area is 175 Å². The maximum absolute atomic E-state index is 14.2. The van der Waals surface area contributed by atoms with Gasteiger partial charge in [-0.25, -0.2) is 17.6 Å². The van der Waals surface area contributed by atoms with Gasteiger partial charge in [0.25, 0.3) is 5.91 Å². The molecule has 0 spiro atoms. The third-order valence-corrected chi connectivity index (χ3v) is 7.45. The molecule has 2 atom stereocenters. The van der Waals surface area contributed by atoms with Gasteiger partial charge in [0.15, 0.2) is 6.61 Å². The number of esters is 1. The summed E-state index contributed by atoms with van der Waals surface area (Å²) in [6.45, 7) is 2.40. The fourth-order valence-corrected chi connectivity index (χ4v) is 5.18. The Bertz CT molecular complexity index is 885. The zero-order chi connectivity index (χ0) is 21.7. The van der Waals surface area contributed by atoms with Crippen molar-refractivity contribution in [2.45, 2.75) is 43.5 Å². The third kappa shape index (κ3) is 5.35. The number of nitrogens with zero attached hydrogens (tertiary/aromatic N) is 1. The third-order valence-electron chi connectivity index (χ3n) is 5.56. The van der Waals surface area contributed by atoms with E-state index in [0.29, 0.717) is 5.92 Å². The van der Waals surface area contributed by atoms with Crippen molar-refractivity contribution in [3.63, 3.8) is 0 Å². The molecule has 1 aromatic rings. The van der Waals surface area contributed by atoms with Crippen LogP contribution in [-0.4, -0.2) is 63.6 Å². The maximum atomic E-state index is 14.2. The molecule has 1 aliphatic heterocycles.